The number of aldehydes is 2. The Kier molecular flexibility index (Phi) is 6.56. The Hall–Kier alpha value is -3.32. The summed E-state index contributed by atoms with van der Waals surface area (Å²) in [5, 5.41) is 0. The van der Waals surface area contributed by atoms with E-state index in [0.29, 0.717) is 12.6 Å². The number of carbonyl (C=O) groups is 4. The first kappa shape index (κ1) is 18.0. The smallest absolute Gasteiger partial charge is 0.337 e. The Morgan fingerprint density at radius 3 is 1.52 bits per heavy atom. The van der Waals surface area contributed by atoms with Gasteiger partial charge in [-0.3, -0.25) is 9.59 Å². The largest absolute Gasteiger partial charge is 0.424 e. The lowest BCUT2D eigenvalue weighted by Crippen LogP contribution is -2.22. The van der Waals surface area contributed by atoms with Gasteiger partial charge in [0, 0.05) is 0 Å². The predicted octanol–water partition coefficient (Wildman–Crippen LogP) is 1.84. The van der Waals surface area contributed by atoms with Gasteiger partial charge in [-0.25, -0.2) is 9.59 Å². The van der Waals surface area contributed by atoms with Gasteiger partial charge in [0.05, 0.1) is 11.1 Å². The van der Waals surface area contributed by atoms with Crippen molar-refractivity contribution < 1.29 is 33.4 Å². The molecule has 0 aliphatic rings. The van der Waals surface area contributed by atoms with Crippen LogP contribution in [0.1, 0.15) is 20.7 Å². The molecule has 0 aliphatic carbocycles. The number of carbonyl (C=O) groups excluding carboxylic acids is 4. The van der Waals surface area contributed by atoms with Crippen LogP contribution in [-0.4, -0.2) is 37.7 Å². The third-order valence-corrected chi connectivity index (χ3v) is 2.98. The first-order chi connectivity index (χ1) is 12.1. The zero-order chi connectivity index (χ0) is 18.1. The molecular weight excluding hydrogens is 328 g/mol. The summed E-state index contributed by atoms with van der Waals surface area (Å²) >= 11 is 0. The molecule has 0 saturated carbocycles. The van der Waals surface area contributed by atoms with E-state index in [1.54, 1.807) is 24.3 Å². The van der Waals surface area contributed by atoms with Crippen LogP contribution in [0.5, 0.6) is 11.5 Å². The lowest BCUT2D eigenvalue weighted by Gasteiger charge is -2.08. The lowest BCUT2D eigenvalue weighted by molar-refractivity contribution is -0.145. The first-order valence-electron chi connectivity index (χ1n) is 7.21. The van der Waals surface area contributed by atoms with E-state index < -0.39 is 25.2 Å². The van der Waals surface area contributed by atoms with Gasteiger partial charge in [-0.2, -0.15) is 0 Å². The Labute approximate surface area is 143 Å². The molecular formula is C18H14O7. The van der Waals surface area contributed by atoms with E-state index in [1.807, 2.05) is 0 Å². The second kappa shape index (κ2) is 9.09. The van der Waals surface area contributed by atoms with Crippen molar-refractivity contribution in [1.82, 2.24) is 0 Å². The molecule has 0 amide bonds. The number of hydrogen-bond donors (Lipinski definition) is 0. The minimum absolute atomic E-state index is 0.105. The summed E-state index contributed by atoms with van der Waals surface area (Å²) in [6.07, 6.45) is 1.12. The summed E-state index contributed by atoms with van der Waals surface area (Å²) in [7, 11) is 0. The molecule has 0 radical (unpaired) electrons. The Bertz CT molecular complexity index is 717. The molecule has 0 spiro atoms. The van der Waals surface area contributed by atoms with Gasteiger partial charge in [0.25, 0.3) is 0 Å². The van der Waals surface area contributed by atoms with Crippen molar-refractivity contribution in [2.75, 3.05) is 13.2 Å². The van der Waals surface area contributed by atoms with Crippen molar-refractivity contribution in [2.24, 2.45) is 0 Å². The fraction of sp³-hybridized carbons (Fsp3) is 0.111. The fourth-order valence-corrected chi connectivity index (χ4v) is 1.86. The van der Waals surface area contributed by atoms with E-state index in [2.05, 4.69) is 0 Å². The van der Waals surface area contributed by atoms with E-state index in [1.165, 1.54) is 24.3 Å². The molecule has 0 heterocycles. The minimum atomic E-state index is -0.768. The van der Waals surface area contributed by atoms with Gasteiger partial charge in [-0.15, -0.1) is 0 Å². The van der Waals surface area contributed by atoms with Crippen molar-refractivity contribution in [3.05, 3.63) is 59.7 Å². The maximum Gasteiger partial charge on any atom is 0.337 e. The van der Waals surface area contributed by atoms with Crippen molar-refractivity contribution in [2.45, 2.75) is 0 Å². The third-order valence-electron chi connectivity index (χ3n) is 2.98. The summed E-state index contributed by atoms with van der Waals surface area (Å²) in [4.78, 5) is 45.0. The van der Waals surface area contributed by atoms with Crippen molar-refractivity contribution >= 4 is 24.5 Å². The Morgan fingerprint density at radius 2 is 1.12 bits per heavy atom. The maximum atomic E-state index is 11.7. The van der Waals surface area contributed by atoms with Gasteiger partial charge < -0.3 is 14.2 Å². The van der Waals surface area contributed by atoms with Crippen LogP contribution >= 0.6 is 0 Å². The number of esters is 2. The highest BCUT2D eigenvalue weighted by molar-refractivity contribution is 5.83. The third kappa shape index (κ3) is 5.36. The zero-order valence-electron chi connectivity index (χ0n) is 13.0. The molecule has 0 atom stereocenters. The standard InChI is InChI=1S/C18H14O7/c19-9-13-5-1-3-7-15(13)24-17(21)11-23-12-18(22)25-16-8-4-2-6-14(16)10-20/h1-10H,11-12H2. The lowest BCUT2D eigenvalue weighted by atomic mass is 10.2. The van der Waals surface area contributed by atoms with Crippen LogP contribution in [0.15, 0.2) is 48.5 Å². The monoisotopic (exact) mass is 342 g/mol. The summed E-state index contributed by atoms with van der Waals surface area (Å²) < 4.78 is 14.9. The second-order valence-electron chi connectivity index (χ2n) is 4.75. The van der Waals surface area contributed by atoms with Crippen molar-refractivity contribution in [1.29, 1.82) is 0 Å². The van der Waals surface area contributed by atoms with Crippen LogP contribution in [0.4, 0.5) is 0 Å². The SMILES string of the molecule is O=Cc1ccccc1OC(=O)COCC(=O)Oc1ccccc1C=O. The quantitative estimate of drug-likeness (QED) is 0.410. The summed E-state index contributed by atoms with van der Waals surface area (Å²) in [6.45, 7) is -1.00. The van der Waals surface area contributed by atoms with Crippen molar-refractivity contribution in [3.63, 3.8) is 0 Å². The van der Waals surface area contributed by atoms with Crippen LogP contribution < -0.4 is 9.47 Å². The molecule has 2 aromatic rings. The molecule has 0 N–H and O–H groups in total. The van der Waals surface area contributed by atoms with E-state index in [4.69, 9.17) is 14.2 Å². The molecule has 25 heavy (non-hydrogen) atoms. The molecule has 0 aliphatic heterocycles. The summed E-state index contributed by atoms with van der Waals surface area (Å²) in [5.41, 5.74) is 0.446. The average Bonchev–Trinajstić information content (AvgIpc) is 2.62. The zero-order valence-corrected chi connectivity index (χ0v) is 13.0. The average molecular weight is 342 g/mol. The van der Waals surface area contributed by atoms with Gasteiger partial charge in [0.15, 0.2) is 12.6 Å². The fourth-order valence-electron chi connectivity index (χ4n) is 1.86. The number of benzene rings is 2. The highest BCUT2D eigenvalue weighted by Crippen LogP contribution is 2.16. The molecule has 0 fully saturated rings. The molecule has 0 aromatic heterocycles. The van der Waals surface area contributed by atoms with E-state index in [0.717, 1.165) is 0 Å². The Morgan fingerprint density at radius 1 is 0.720 bits per heavy atom. The van der Waals surface area contributed by atoms with Crippen molar-refractivity contribution in [3.8, 4) is 11.5 Å². The minimum Gasteiger partial charge on any atom is -0.424 e. The Balaban J connectivity index is 1.80. The molecule has 128 valence electrons. The molecule has 0 saturated heterocycles. The molecule has 2 rings (SSSR count). The van der Waals surface area contributed by atoms with Crippen LogP contribution in [0.3, 0.4) is 0 Å². The van der Waals surface area contributed by atoms with Gasteiger partial charge in [-0.1, -0.05) is 24.3 Å². The maximum absolute atomic E-state index is 11.7. The first-order valence-corrected chi connectivity index (χ1v) is 7.21. The number of para-hydroxylation sites is 2. The highest BCUT2D eigenvalue weighted by Gasteiger charge is 2.12. The normalized spacial score (nSPS) is 9.92. The number of rotatable bonds is 8. The van der Waals surface area contributed by atoms with E-state index in [-0.39, 0.29) is 22.6 Å². The van der Waals surface area contributed by atoms with Gasteiger partial charge in [0.2, 0.25) is 0 Å². The predicted molar refractivity (Wildman–Crippen MR) is 85.7 cm³/mol. The highest BCUT2D eigenvalue weighted by atomic mass is 16.6. The van der Waals surface area contributed by atoms with Gasteiger partial charge >= 0.3 is 11.9 Å². The summed E-state index contributed by atoms with van der Waals surface area (Å²) in [6, 6.07) is 12.4. The van der Waals surface area contributed by atoms with Crippen LogP contribution in [0.2, 0.25) is 0 Å². The molecule has 7 heteroatoms. The van der Waals surface area contributed by atoms with Crippen LogP contribution in [0, 0.1) is 0 Å². The van der Waals surface area contributed by atoms with Gasteiger partial charge in [-0.05, 0) is 24.3 Å². The van der Waals surface area contributed by atoms with Crippen LogP contribution in [-0.2, 0) is 14.3 Å². The van der Waals surface area contributed by atoms with E-state index in [9.17, 15) is 19.2 Å². The molecule has 2 aromatic carbocycles. The molecule has 7 nitrogen and oxygen atoms in total. The van der Waals surface area contributed by atoms with Gasteiger partial charge in [0.1, 0.15) is 24.7 Å². The second-order valence-corrected chi connectivity index (χ2v) is 4.75. The number of ether oxygens (including phenoxy) is 3. The molecule has 0 bridgehead atoms. The summed E-state index contributed by atoms with van der Waals surface area (Å²) in [5.74, 6) is -1.33. The molecule has 0 unspecified atom stereocenters. The topological polar surface area (TPSA) is 96.0 Å². The van der Waals surface area contributed by atoms with E-state index >= 15 is 0 Å². The van der Waals surface area contributed by atoms with Crippen LogP contribution in [0.25, 0.3) is 0 Å². The number of hydrogen-bond acceptors (Lipinski definition) is 7.